The monoisotopic (exact) mass is 178 g/mol. The molecule has 0 fully saturated rings. The van der Waals surface area contributed by atoms with Gasteiger partial charge >= 0.3 is 0 Å². The topological polar surface area (TPSA) is 35.5 Å². The molecule has 0 bridgehead atoms. The first kappa shape index (κ1) is 8.10. The van der Waals surface area contributed by atoms with Gasteiger partial charge in [-0.1, -0.05) is 0 Å². The summed E-state index contributed by atoms with van der Waals surface area (Å²) >= 11 is 0. The lowest BCUT2D eigenvalue weighted by atomic mass is 10.1. The molecule has 3 heteroatoms. The zero-order valence-corrected chi connectivity index (χ0v) is 7.37. The Morgan fingerprint density at radius 1 is 1.54 bits per heavy atom. The summed E-state index contributed by atoms with van der Waals surface area (Å²) in [6.45, 7) is 0.656. The summed E-state index contributed by atoms with van der Waals surface area (Å²) in [6, 6.07) is 3.60. The minimum Gasteiger partial charge on any atom is -0.497 e. The minimum atomic E-state index is 0.576. The van der Waals surface area contributed by atoms with Gasteiger partial charge in [-0.15, -0.1) is 0 Å². The second kappa shape index (κ2) is 3.09. The van der Waals surface area contributed by atoms with Crippen molar-refractivity contribution in [3.05, 3.63) is 23.3 Å². The quantitative estimate of drug-likeness (QED) is 0.643. The molecule has 0 spiro atoms. The second-order valence-electron chi connectivity index (χ2n) is 2.92. The van der Waals surface area contributed by atoms with E-state index in [0.717, 1.165) is 24.0 Å². The molecule has 0 radical (unpaired) electrons. The SMILES string of the molecule is COc1cc(C=O)c2c(c1)CCO2. The van der Waals surface area contributed by atoms with Crippen LogP contribution < -0.4 is 9.47 Å². The lowest BCUT2D eigenvalue weighted by molar-refractivity contribution is 0.112. The van der Waals surface area contributed by atoms with Crippen molar-refractivity contribution in [3.8, 4) is 11.5 Å². The third-order valence-electron chi connectivity index (χ3n) is 2.15. The van der Waals surface area contributed by atoms with Gasteiger partial charge in [-0.2, -0.15) is 0 Å². The number of hydrogen-bond acceptors (Lipinski definition) is 3. The van der Waals surface area contributed by atoms with Crippen molar-refractivity contribution in [1.29, 1.82) is 0 Å². The first-order chi connectivity index (χ1) is 6.35. The van der Waals surface area contributed by atoms with Crippen LogP contribution in [0.1, 0.15) is 15.9 Å². The summed E-state index contributed by atoms with van der Waals surface area (Å²) in [7, 11) is 1.59. The summed E-state index contributed by atoms with van der Waals surface area (Å²) in [5.74, 6) is 1.43. The number of hydrogen-bond donors (Lipinski definition) is 0. The highest BCUT2D eigenvalue weighted by atomic mass is 16.5. The molecule has 1 aromatic carbocycles. The number of benzene rings is 1. The predicted molar refractivity (Wildman–Crippen MR) is 47.6 cm³/mol. The van der Waals surface area contributed by atoms with Crippen LogP contribution in [-0.2, 0) is 6.42 Å². The molecule has 0 N–H and O–H groups in total. The summed E-state index contributed by atoms with van der Waals surface area (Å²) in [4.78, 5) is 10.7. The Bertz CT molecular complexity index is 344. The van der Waals surface area contributed by atoms with Crippen LogP contribution in [0.5, 0.6) is 11.5 Å². The molecule has 3 nitrogen and oxygen atoms in total. The molecule has 1 aliphatic heterocycles. The highest BCUT2D eigenvalue weighted by molar-refractivity contribution is 5.81. The molecule has 0 saturated heterocycles. The maximum atomic E-state index is 10.7. The highest BCUT2D eigenvalue weighted by Gasteiger charge is 2.17. The average molecular weight is 178 g/mol. The molecule has 68 valence electrons. The maximum Gasteiger partial charge on any atom is 0.153 e. The Labute approximate surface area is 76.3 Å². The van der Waals surface area contributed by atoms with Gasteiger partial charge in [0.05, 0.1) is 19.3 Å². The molecule has 1 aliphatic rings. The number of methoxy groups -OCH3 is 1. The van der Waals surface area contributed by atoms with Gasteiger partial charge in [0.1, 0.15) is 11.5 Å². The van der Waals surface area contributed by atoms with E-state index in [0.29, 0.717) is 17.9 Å². The van der Waals surface area contributed by atoms with E-state index in [-0.39, 0.29) is 0 Å². The number of carbonyl (C=O) groups excluding carboxylic acids is 1. The van der Waals surface area contributed by atoms with Gasteiger partial charge in [0.2, 0.25) is 0 Å². The average Bonchev–Trinajstić information content (AvgIpc) is 2.63. The van der Waals surface area contributed by atoms with Crippen molar-refractivity contribution in [2.24, 2.45) is 0 Å². The van der Waals surface area contributed by atoms with Gasteiger partial charge in [0.15, 0.2) is 6.29 Å². The molecule has 2 rings (SSSR count). The second-order valence-corrected chi connectivity index (χ2v) is 2.92. The van der Waals surface area contributed by atoms with Gasteiger partial charge in [0, 0.05) is 12.0 Å². The van der Waals surface area contributed by atoms with Crippen LogP contribution >= 0.6 is 0 Å². The van der Waals surface area contributed by atoms with E-state index in [9.17, 15) is 4.79 Å². The van der Waals surface area contributed by atoms with E-state index >= 15 is 0 Å². The Morgan fingerprint density at radius 2 is 2.38 bits per heavy atom. The lowest BCUT2D eigenvalue weighted by Crippen LogP contribution is -1.91. The zero-order valence-electron chi connectivity index (χ0n) is 7.37. The van der Waals surface area contributed by atoms with E-state index < -0.39 is 0 Å². The first-order valence-corrected chi connectivity index (χ1v) is 4.14. The Morgan fingerprint density at radius 3 is 3.08 bits per heavy atom. The summed E-state index contributed by atoms with van der Waals surface area (Å²) in [6.07, 6.45) is 1.65. The fourth-order valence-electron chi connectivity index (χ4n) is 1.51. The maximum absolute atomic E-state index is 10.7. The largest absolute Gasteiger partial charge is 0.497 e. The van der Waals surface area contributed by atoms with Crippen molar-refractivity contribution < 1.29 is 14.3 Å². The number of ether oxygens (including phenoxy) is 2. The molecule has 0 aromatic heterocycles. The van der Waals surface area contributed by atoms with Crippen LogP contribution in [0, 0.1) is 0 Å². The molecule has 0 atom stereocenters. The molecule has 0 unspecified atom stereocenters. The number of fused-ring (bicyclic) bond motifs is 1. The molecule has 1 heterocycles. The Hall–Kier alpha value is -1.51. The van der Waals surface area contributed by atoms with Crippen molar-refractivity contribution in [1.82, 2.24) is 0 Å². The highest BCUT2D eigenvalue weighted by Crippen LogP contribution is 2.32. The van der Waals surface area contributed by atoms with Crippen LogP contribution in [0.25, 0.3) is 0 Å². The van der Waals surface area contributed by atoms with Crippen molar-refractivity contribution in [3.63, 3.8) is 0 Å². The molecule has 13 heavy (non-hydrogen) atoms. The van der Waals surface area contributed by atoms with Crippen LogP contribution in [0.3, 0.4) is 0 Å². The van der Waals surface area contributed by atoms with E-state index in [1.165, 1.54) is 0 Å². The van der Waals surface area contributed by atoms with E-state index in [1.54, 1.807) is 13.2 Å². The van der Waals surface area contributed by atoms with Crippen molar-refractivity contribution in [2.45, 2.75) is 6.42 Å². The van der Waals surface area contributed by atoms with Gasteiger partial charge in [-0.25, -0.2) is 0 Å². The van der Waals surface area contributed by atoms with E-state index in [4.69, 9.17) is 9.47 Å². The number of aldehydes is 1. The van der Waals surface area contributed by atoms with Gasteiger partial charge < -0.3 is 9.47 Å². The normalized spacial score (nSPS) is 13.3. The third kappa shape index (κ3) is 1.26. The summed E-state index contributed by atoms with van der Waals surface area (Å²) < 4.78 is 10.4. The van der Waals surface area contributed by atoms with Crippen molar-refractivity contribution in [2.75, 3.05) is 13.7 Å². The predicted octanol–water partition coefficient (Wildman–Crippen LogP) is 1.44. The first-order valence-electron chi connectivity index (χ1n) is 4.14. The minimum absolute atomic E-state index is 0.576. The lowest BCUT2D eigenvalue weighted by Gasteiger charge is -2.05. The molecule has 0 amide bonds. The van der Waals surface area contributed by atoms with Gasteiger partial charge in [-0.05, 0) is 12.1 Å². The van der Waals surface area contributed by atoms with Gasteiger partial charge in [0.25, 0.3) is 0 Å². The molecular weight excluding hydrogens is 168 g/mol. The van der Waals surface area contributed by atoms with E-state index in [1.807, 2.05) is 6.07 Å². The summed E-state index contributed by atoms with van der Waals surface area (Å²) in [5, 5.41) is 0. The van der Waals surface area contributed by atoms with Crippen LogP contribution in [0.2, 0.25) is 0 Å². The molecule has 0 aliphatic carbocycles. The summed E-state index contributed by atoms with van der Waals surface area (Å²) in [5.41, 5.74) is 1.63. The standard InChI is InChI=1S/C10H10O3/c1-12-9-4-7-2-3-13-10(7)8(5-9)6-11/h4-6H,2-3H2,1H3. The number of carbonyl (C=O) groups is 1. The smallest absolute Gasteiger partial charge is 0.153 e. The van der Waals surface area contributed by atoms with E-state index in [2.05, 4.69) is 0 Å². The fraction of sp³-hybridized carbons (Fsp3) is 0.300. The van der Waals surface area contributed by atoms with Crippen LogP contribution in [-0.4, -0.2) is 20.0 Å². The fourth-order valence-corrected chi connectivity index (χ4v) is 1.51. The third-order valence-corrected chi connectivity index (χ3v) is 2.15. The molecule has 0 saturated carbocycles. The molecular formula is C10H10O3. The van der Waals surface area contributed by atoms with Crippen LogP contribution in [0.15, 0.2) is 12.1 Å². The Balaban J connectivity index is 2.55. The Kier molecular flexibility index (Phi) is 1.93. The molecule has 1 aromatic rings. The van der Waals surface area contributed by atoms with Crippen LogP contribution in [0.4, 0.5) is 0 Å². The number of rotatable bonds is 2. The zero-order chi connectivity index (χ0) is 9.26. The van der Waals surface area contributed by atoms with Gasteiger partial charge in [-0.3, -0.25) is 4.79 Å². The van der Waals surface area contributed by atoms with Crippen molar-refractivity contribution >= 4 is 6.29 Å².